The number of anilines is 1. The number of aromatic hydroxyl groups is 1. The van der Waals surface area contributed by atoms with Gasteiger partial charge in [0.25, 0.3) is 0 Å². The van der Waals surface area contributed by atoms with Crippen molar-refractivity contribution in [3.05, 3.63) is 34.6 Å². The van der Waals surface area contributed by atoms with Crippen LogP contribution in [-0.2, 0) is 0 Å². The number of phenolic OH excluding ortho intramolecular Hbond substituents is 1. The Hall–Kier alpha value is -2.15. The first-order valence-electron chi connectivity index (χ1n) is 4.47. The molecule has 6 nitrogen and oxygen atoms in total. The molecular formula is C9H9N5OS. The van der Waals surface area contributed by atoms with E-state index in [-0.39, 0.29) is 5.75 Å². The molecule has 1 aromatic heterocycles. The lowest BCUT2D eigenvalue weighted by molar-refractivity contribution is 0.475. The summed E-state index contributed by atoms with van der Waals surface area (Å²) in [7, 11) is 0. The van der Waals surface area contributed by atoms with Gasteiger partial charge in [-0.3, -0.25) is 10.2 Å². The number of aromatic nitrogens is 3. The summed E-state index contributed by atoms with van der Waals surface area (Å²) >= 11 is 4.77. The minimum Gasteiger partial charge on any atom is -0.508 e. The van der Waals surface area contributed by atoms with Crippen molar-refractivity contribution in [1.82, 2.24) is 15.2 Å². The largest absolute Gasteiger partial charge is 0.508 e. The lowest BCUT2D eigenvalue weighted by Crippen LogP contribution is -1.92. The number of benzene rings is 1. The van der Waals surface area contributed by atoms with Gasteiger partial charge in [-0.25, -0.2) is 5.43 Å². The Morgan fingerprint density at radius 2 is 2.06 bits per heavy atom. The van der Waals surface area contributed by atoms with Gasteiger partial charge in [0, 0.05) is 0 Å². The van der Waals surface area contributed by atoms with Gasteiger partial charge in [0.15, 0.2) is 0 Å². The fourth-order valence-electron chi connectivity index (χ4n) is 1.05. The molecule has 0 amide bonds. The average molecular weight is 235 g/mol. The summed E-state index contributed by atoms with van der Waals surface area (Å²) in [6.07, 6.45) is 1.60. The van der Waals surface area contributed by atoms with Gasteiger partial charge in [0.2, 0.25) is 10.7 Å². The number of hydrogen-bond acceptors (Lipinski definition) is 5. The van der Waals surface area contributed by atoms with Crippen molar-refractivity contribution in [2.24, 2.45) is 5.10 Å². The number of H-pyrrole nitrogens is 2. The molecule has 1 heterocycles. The molecule has 0 spiro atoms. The van der Waals surface area contributed by atoms with E-state index in [1.807, 2.05) is 0 Å². The Labute approximate surface area is 96.0 Å². The zero-order chi connectivity index (χ0) is 11.4. The van der Waals surface area contributed by atoms with Crippen molar-refractivity contribution >= 4 is 24.4 Å². The van der Waals surface area contributed by atoms with E-state index in [0.29, 0.717) is 10.7 Å². The molecule has 0 saturated carbocycles. The van der Waals surface area contributed by atoms with Crippen molar-refractivity contribution in [1.29, 1.82) is 0 Å². The van der Waals surface area contributed by atoms with Crippen molar-refractivity contribution in [3.63, 3.8) is 0 Å². The molecule has 16 heavy (non-hydrogen) atoms. The van der Waals surface area contributed by atoms with E-state index in [2.05, 4.69) is 25.7 Å². The fraction of sp³-hybridized carbons (Fsp3) is 0. The number of nitrogens with one attached hydrogen (secondary N) is 3. The van der Waals surface area contributed by atoms with Crippen molar-refractivity contribution in [2.75, 3.05) is 5.43 Å². The topological polar surface area (TPSA) is 89.1 Å². The summed E-state index contributed by atoms with van der Waals surface area (Å²) in [6, 6.07) is 6.66. The number of hydrazone groups is 1. The van der Waals surface area contributed by atoms with E-state index in [9.17, 15) is 0 Å². The quantitative estimate of drug-likeness (QED) is 0.370. The minimum absolute atomic E-state index is 0.224. The second-order valence-corrected chi connectivity index (χ2v) is 3.36. The molecule has 0 aliphatic rings. The highest BCUT2D eigenvalue weighted by Crippen LogP contribution is 2.07. The van der Waals surface area contributed by atoms with Crippen molar-refractivity contribution in [3.8, 4) is 5.75 Å². The number of hydrogen-bond donors (Lipinski definition) is 4. The summed E-state index contributed by atoms with van der Waals surface area (Å²) in [5, 5.41) is 18.3. The number of aromatic amines is 2. The van der Waals surface area contributed by atoms with E-state index < -0.39 is 0 Å². The average Bonchev–Trinajstić information content (AvgIpc) is 2.67. The molecule has 82 valence electrons. The number of nitrogens with zero attached hydrogens (tertiary/aromatic N) is 2. The smallest absolute Gasteiger partial charge is 0.238 e. The third-order valence-corrected chi connectivity index (χ3v) is 1.97. The molecule has 0 aliphatic carbocycles. The molecule has 4 N–H and O–H groups in total. The lowest BCUT2D eigenvalue weighted by atomic mass is 10.2. The van der Waals surface area contributed by atoms with Crippen LogP contribution in [0, 0.1) is 4.77 Å². The summed E-state index contributed by atoms with van der Waals surface area (Å²) in [6.45, 7) is 0. The Bertz CT molecular complexity index is 542. The van der Waals surface area contributed by atoms with Crippen LogP contribution in [0.4, 0.5) is 5.95 Å². The molecule has 0 bridgehead atoms. The Kier molecular flexibility index (Phi) is 2.97. The fourth-order valence-corrected chi connectivity index (χ4v) is 1.19. The van der Waals surface area contributed by atoms with Gasteiger partial charge in [-0.1, -0.05) is 0 Å². The maximum absolute atomic E-state index is 9.07. The van der Waals surface area contributed by atoms with Crippen molar-refractivity contribution in [2.45, 2.75) is 0 Å². The van der Waals surface area contributed by atoms with Crippen molar-refractivity contribution < 1.29 is 5.11 Å². The Balaban J connectivity index is 1.99. The van der Waals surface area contributed by atoms with Crippen LogP contribution in [0.25, 0.3) is 0 Å². The molecule has 0 fully saturated rings. The van der Waals surface area contributed by atoms with Crippen LogP contribution in [0.15, 0.2) is 29.4 Å². The van der Waals surface area contributed by atoms with Gasteiger partial charge in [0.1, 0.15) is 5.75 Å². The number of phenols is 1. The molecule has 2 aromatic rings. The highest BCUT2D eigenvalue weighted by Gasteiger charge is 1.91. The highest BCUT2D eigenvalue weighted by molar-refractivity contribution is 7.71. The van der Waals surface area contributed by atoms with E-state index in [1.165, 1.54) is 0 Å². The second-order valence-electron chi connectivity index (χ2n) is 2.98. The van der Waals surface area contributed by atoms with Crippen LogP contribution < -0.4 is 5.43 Å². The lowest BCUT2D eigenvalue weighted by Gasteiger charge is -1.94. The van der Waals surface area contributed by atoms with Crippen LogP contribution in [-0.4, -0.2) is 26.5 Å². The first-order chi connectivity index (χ1) is 7.74. The molecule has 0 saturated heterocycles. The molecule has 0 radical (unpaired) electrons. The van der Waals surface area contributed by atoms with Gasteiger partial charge in [-0.05, 0) is 42.0 Å². The van der Waals surface area contributed by atoms with Crippen LogP contribution in [0.2, 0.25) is 0 Å². The normalized spacial score (nSPS) is 10.8. The molecule has 7 heteroatoms. The molecule has 0 aliphatic heterocycles. The molecule has 0 atom stereocenters. The van der Waals surface area contributed by atoms with Gasteiger partial charge in [0.05, 0.1) is 6.21 Å². The number of rotatable bonds is 3. The van der Waals surface area contributed by atoms with Crippen LogP contribution in [0.3, 0.4) is 0 Å². The summed E-state index contributed by atoms with van der Waals surface area (Å²) in [5.41, 5.74) is 3.53. The van der Waals surface area contributed by atoms with E-state index in [0.717, 1.165) is 5.56 Å². The van der Waals surface area contributed by atoms with Gasteiger partial charge in [-0.15, -0.1) is 0 Å². The molecule has 2 rings (SSSR count). The van der Waals surface area contributed by atoms with E-state index in [1.54, 1.807) is 30.5 Å². The van der Waals surface area contributed by atoms with Crippen LogP contribution in [0.1, 0.15) is 5.56 Å². The first kappa shape index (κ1) is 10.4. The predicted octanol–water partition coefficient (Wildman–Crippen LogP) is 1.62. The maximum Gasteiger partial charge on any atom is 0.238 e. The monoisotopic (exact) mass is 235 g/mol. The third-order valence-electron chi connectivity index (χ3n) is 1.78. The first-order valence-corrected chi connectivity index (χ1v) is 4.88. The zero-order valence-electron chi connectivity index (χ0n) is 8.14. The van der Waals surface area contributed by atoms with Crippen LogP contribution in [0.5, 0.6) is 5.75 Å². The Morgan fingerprint density at radius 1 is 1.31 bits per heavy atom. The van der Waals surface area contributed by atoms with Gasteiger partial charge >= 0.3 is 0 Å². The summed E-state index contributed by atoms with van der Waals surface area (Å²) in [4.78, 5) is 3.89. The summed E-state index contributed by atoms with van der Waals surface area (Å²) < 4.78 is 0.363. The van der Waals surface area contributed by atoms with Gasteiger partial charge in [-0.2, -0.15) is 10.1 Å². The standard InChI is InChI=1S/C9H9N5OS/c15-7-3-1-6(2-4-7)5-10-12-8-11-9(16)14-13-8/h1-5,15H,(H3,11,12,13,14,16). The van der Waals surface area contributed by atoms with Gasteiger partial charge < -0.3 is 5.11 Å². The van der Waals surface area contributed by atoms with E-state index in [4.69, 9.17) is 17.3 Å². The second kappa shape index (κ2) is 4.58. The van der Waals surface area contributed by atoms with E-state index >= 15 is 0 Å². The Morgan fingerprint density at radius 3 is 2.69 bits per heavy atom. The molecule has 1 aromatic carbocycles. The minimum atomic E-state index is 0.224. The highest BCUT2D eigenvalue weighted by atomic mass is 32.1. The third kappa shape index (κ3) is 2.67. The maximum atomic E-state index is 9.07. The molecular weight excluding hydrogens is 226 g/mol. The van der Waals surface area contributed by atoms with Crippen LogP contribution >= 0.6 is 12.2 Å². The predicted molar refractivity (Wildman–Crippen MR) is 63.1 cm³/mol. The molecule has 0 unspecified atom stereocenters. The summed E-state index contributed by atoms with van der Waals surface area (Å²) in [5.74, 6) is 0.668. The SMILES string of the molecule is Oc1ccc(C=NNc2nc(=S)[nH][nH]2)cc1. The zero-order valence-corrected chi connectivity index (χ0v) is 8.95.